The third-order valence-electron chi connectivity index (χ3n) is 7.94. The number of aromatic nitrogens is 1. The van der Waals surface area contributed by atoms with Gasteiger partial charge in [-0.2, -0.15) is 0 Å². The van der Waals surface area contributed by atoms with E-state index in [2.05, 4.69) is 20.8 Å². The van der Waals surface area contributed by atoms with E-state index in [0.29, 0.717) is 28.9 Å². The van der Waals surface area contributed by atoms with Gasteiger partial charge in [-0.3, -0.25) is 19.3 Å². The Morgan fingerprint density at radius 1 is 1.29 bits per heavy atom. The fourth-order valence-corrected chi connectivity index (χ4v) is 7.93. The SMILES string of the molecule is CO/N=C(\C(=O)N[C@@H]1C(=O)N2C(C(=O)[O-])=C(C[N+]3(CCNC(=O)c4ccc(O)c(O)c4Cl)CCCC3)CS[C@H]12)c1csc(N)n1. The smallest absolute Gasteiger partial charge is 0.276 e. The number of rotatable bonds is 11. The number of nitrogens with two attached hydrogens (primary N) is 1. The first-order chi connectivity index (χ1) is 21.5. The molecule has 2 aromatic rings. The van der Waals surface area contributed by atoms with Crippen molar-refractivity contribution >= 4 is 69.2 Å². The number of aromatic hydroxyl groups is 2. The van der Waals surface area contributed by atoms with Crippen molar-refractivity contribution in [3.63, 3.8) is 0 Å². The van der Waals surface area contributed by atoms with E-state index in [-0.39, 0.29) is 39.4 Å². The minimum atomic E-state index is -1.49. The molecule has 5 rings (SSSR count). The second kappa shape index (κ2) is 13.1. The van der Waals surface area contributed by atoms with Crippen molar-refractivity contribution in [1.29, 1.82) is 0 Å². The van der Waals surface area contributed by atoms with Gasteiger partial charge in [0.25, 0.3) is 17.7 Å². The van der Waals surface area contributed by atoms with Crippen molar-refractivity contribution in [2.75, 3.05) is 51.3 Å². The van der Waals surface area contributed by atoms with Crippen molar-refractivity contribution in [2.24, 2.45) is 5.16 Å². The maximum atomic E-state index is 13.3. The van der Waals surface area contributed by atoms with Gasteiger partial charge in [-0.1, -0.05) is 16.8 Å². The summed E-state index contributed by atoms with van der Waals surface area (Å²) in [6.45, 7) is 2.51. The molecule has 0 bridgehead atoms. The van der Waals surface area contributed by atoms with Gasteiger partial charge in [-0.15, -0.1) is 23.1 Å². The first-order valence-corrected chi connectivity index (χ1v) is 16.1. The number of quaternary nitrogens is 1. The number of nitrogens with zero attached hydrogens (tertiary/aromatic N) is 4. The van der Waals surface area contributed by atoms with E-state index >= 15 is 0 Å². The van der Waals surface area contributed by atoms with E-state index in [9.17, 15) is 34.5 Å². The summed E-state index contributed by atoms with van der Waals surface area (Å²) in [6.07, 6.45) is 1.81. The van der Waals surface area contributed by atoms with Crippen molar-refractivity contribution in [3.8, 4) is 11.5 Å². The average Bonchev–Trinajstić information content (AvgIpc) is 3.65. The molecule has 2 fully saturated rings. The number of thioether (sulfide) groups is 1. The molecular formula is C27H30ClN7O8S2. The summed E-state index contributed by atoms with van der Waals surface area (Å²) < 4.78 is 0.488. The fourth-order valence-electron chi connectivity index (χ4n) is 5.80. The summed E-state index contributed by atoms with van der Waals surface area (Å²) in [5, 5.41) is 41.8. The van der Waals surface area contributed by atoms with Crippen LogP contribution in [0.25, 0.3) is 0 Å². The van der Waals surface area contributed by atoms with Gasteiger partial charge in [-0.05, 0) is 12.1 Å². The van der Waals surface area contributed by atoms with E-state index in [1.54, 1.807) is 0 Å². The minimum Gasteiger partial charge on any atom is -0.543 e. The lowest BCUT2D eigenvalue weighted by Gasteiger charge is -2.51. The molecule has 4 heterocycles. The van der Waals surface area contributed by atoms with Gasteiger partial charge in [0.05, 0.1) is 48.4 Å². The predicted octanol–water partition coefficient (Wildman–Crippen LogP) is -0.415. The second-order valence-electron chi connectivity index (χ2n) is 10.7. The molecule has 45 heavy (non-hydrogen) atoms. The highest BCUT2D eigenvalue weighted by molar-refractivity contribution is 8.00. The van der Waals surface area contributed by atoms with Crippen molar-refractivity contribution in [1.82, 2.24) is 20.5 Å². The van der Waals surface area contributed by atoms with Crippen LogP contribution in [0.15, 0.2) is 33.9 Å². The molecule has 2 atom stereocenters. The number of thiazole rings is 1. The van der Waals surface area contributed by atoms with E-state index in [1.807, 2.05) is 0 Å². The van der Waals surface area contributed by atoms with Crippen LogP contribution in [-0.2, 0) is 19.2 Å². The lowest BCUT2D eigenvalue weighted by atomic mass is 10.0. The predicted molar refractivity (Wildman–Crippen MR) is 163 cm³/mol. The van der Waals surface area contributed by atoms with Crippen molar-refractivity contribution in [2.45, 2.75) is 24.3 Å². The molecule has 0 saturated carbocycles. The molecule has 1 aromatic heterocycles. The van der Waals surface area contributed by atoms with Crippen LogP contribution in [-0.4, -0.2) is 111 Å². The number of benzene rings is 1. The number of carbonyl (C=O) groups excluding carboxylic acids is 4. The lowest BCUT2D eigenvalue weighted by molar-refractivity contribution is -0.911. The summed E-state index contributed by atoms with van der Waals surface area (Å²) in [6, 6.07) is 1.47. The monoisotopic (exact) mass is 679 g/mol. The molecule has 1 aromatic carbocycles. The number of amides is 3. The number of carboxylic acid groups (broad SMARTS) is 1. The number of hydrogen-bond donors (Lipinski definition) is 5. The number of fused-ring (bicyclic) bond motifs is 1. The number of phenolic OH excluding ortho intramolecular Hbond substituents is 2. The molecule has 240 valence electrons. The quantitative estimate of drug-likeness (QED) is 0.0675. The van der Waals surface area contributed by atoms with Crippen molar-refractivity contribution in [3.05, 3.63) is 45.1 Å². The largest absolute Gasteiger partial charge is 0.543 e. The summed E-state index contributed by atoms with van der Waals surface area (Å²) in [5.74, 6) is -4.07. The lowest BCUT2D eigenvalue weighted by Crippen LogP contribution is -2.72. The van der Waals surface area contributed by atoms with Crippen LogP contribution >= 0.6 is 34.7 Å². The number of likely N-dealkylation sites (tertiary alicyclic amines) is 1. The Morgan fingerprint density at radius 3 is 2.67 bits per heavy atom. The number of aliphatic carboxylic acids is 1. The molecule has 0 unspecified atom stereocenters. The van der Waals surface area contributed by atoms with Gasteiger partial charge in [0.2, 0.25) is 0 Å². The van der Waals surface area contributed by atoms with E-state index in [1.165, 1.54) is 36.4 Å². The molecule has 0 radical (unpaired) electrons. The van der Waals surface area contributed by atoms with Gasteiger partial charge >= 0.3 is 0 Å². The van der Waals surface area contributed by atoms with Crippen molar-refractivity contribution < 1.29 is 43.8 Å². The molecule has 0 aliphatic carbocycles. The van der Waals surface area contributed by atoms with E-state index in [4.69, 9.17) is 22.2 Å². The van der Waals surface area contributed by atoms with E-state index < -0.39 is 46.6 Å². The van der Waals surface area contributed by atoms with E-state index in [0.717, 1.165) is 42.2 Å². The fraction of sp³-hybridized carbons (Fsp3) is 0.407. The highest BCUT2D eigenvalue weighted by atomic mass is 35.5. The van der Waals surface area contributed by atoms with Gasteiger partial charge < -0.3 is 45.8 Å². The zero-order valence-electron chi connectivity index (χ0n) is 23.9. The summed E-state index contributed by atoms with van der Waals surface area (Å²) >= 11 is 8.46. The third kappa shape index (κ3) is 6.38. The molecule has 2 saturated heterocycles. The van der Waals surface area contributed by atoms with Gasteiger partial charge in [0, 0.05) is 29.5 Å². The Labute approximate surface area is 270 Å². The maximum absolute atomic E-state index is 13.3. The molecule has 6 N–H and O–H groups in total. The second-order valence-corrected chi connectivity index (χ2v) is 13.1. The summed E-state index contributed by atoms with van der Waals surface area (Å²) in [5.41, 5.74) is 6.01. The molecular weight excluding hydrogens is 650 g/mol. The highest BCUT2D eigenvalue weighted by Gasteiger charge is 2.54. The zero-order valence-corrected chi connectivity index (χ0v) is 26.3. The third-order valence-corrected chi connectivity index (χ3v) is 10.3. The van der Waals surface area contributed by atoms with Crippen LogP contribution in [0.5, 0.6) is 11.5 Å². The van der Waals surface area contributed by atoms with Crippen LogP contribution < -0.4 is 21.5 Å². The Hall–Kier alpha value is -4.06. The van der Waals surface area contributed by atoms with Crippen LogP contribution in [0.2, 0.25) is 5.02 Å². The number of hydrogen-bond acceptors (Lipinski definition) is 13. The zero-order chi connectivity index (χ0) is 32.5. The number of carboxylic acids is 1. The average molecular weight is 680 g/mol. The Balaban J connectivity index is 1.28. The number of nitrogens with one attached hydrogen (secondary N) is 2. The number of carbonyl (C=O) groups is 4. The molecule has 0 spiro atoms. The van der Waals surface area contributed by atoms with Crippen LogP contribution in [0.4, 0.5) is 5.13 Å². The minimum absolute atomic E-state index is 0.00544. The molecule has 3 amide bonds. The first kappa shape index (κ1) is 32.3. The Kier molecular flexibility index (Phi) is 9.43. The molecule has 3 aliphatic heterocycles. The number of β-lactam (4-membered cyclic amide) rings is 1. The topological polar surface area (TPSA) is 220 Å². The van der Waals surface area contributed by atoms with Crippen LogP contribution in [0.1, 0.15) is 28.9 Å². The molecule has 3 aliphatic rings. The summed E-state index contributed by atoms with van der Waals surface area (Å²) in [7, 11) is 1.26. The highest BCUT2D eigenvalue weighted by Crippen LogP contribution is 2.41. The number of nitrogen functional groups attached to an aromatic ring is 1. The van der Waals surface area contributed by atoms with Crippen LogP contribution in [0, 0.1) is 0 Å². The Morgan fingerprint density at radius 2 is 2.02 bits per heavy atom. The summed E-state index contributed by atoms with van der Waals surface area (Å²) in [4.78, 5) is 61.4. The number of phenols is 2. The standard InChI is InChI=1S/C27H30ClN7O8S2/c1-43-33-18(15-12-45-27(29)31-15)23(39)32-19-24(40)34-20(26(41)42)13(11-44-25(19)34)10-35(7-2-3-8-35)9-6-30-22(38)14-4-5-16(36)21(37)17(14)28/h4-5,12,19,25H,2-3,6-11H2,1H3,(H6-,29,30,31,32,33,36,37,38,39,41,42)/t19-,25-/m1/s1. The molecule has 15 nitrogen and oxygen atoms in total. The number of anilines is 1. The van der Waals surface area contributed by atoms with Crippen LogP contribution in [0.3, 0.4) is 0 Å². The van der Waals surface area contributed by atoms with Gasteiger partial charge in [0.15, 0.2) is 22.3 Å². The Bertz CT molecular complexity index is 1610. The molecule has 18 heteroatoms. The van der Waals surface area contributed by atoms with Gasteiger partial charge in [0.1, 0.15) is 30.8 Å². The van der Waals surface area contributed by atoms with Gasteiger partial charge in [-0.25, -0.2) is 4.98 Å². The normalized spacial score (nSPS) is 20.8. The number of halogens is 1. The maximum Gasteiger partial charge on any atom is 0.276 e. The number of oxime groups is 1. The first-order valence-electron chi connectivity index (χ1n) is 13.8.